The van der Waals surface area contributed by atoms with E-state index in [0.717, 1.165) is 11.1 Å². The molecule has 0 aliphatic carbocycles. The number of benzene rings is 2. The third-order valence-electron chi connectivity index (χ3n) is 4.31. The largest absolute Gasteiger partial charge is 0.460 e. The number of nitrogens with one attached hydrogen (secondary N) is 2. The Balaban J connectivity index is 0.00000182. The SMILES string of the molecule is CC(C)(C)OC(=O)CCP(O)(=S)C(Cc1ccccc1)NC(=O)OCc1ccccc1.CNC. The second-order valence-corrected chi connectivity index (χ2v) is 13.2. The summed E-state index contributed by atoms with van der Waals surface area (Å²) < 4.78 is 10.6. The van der Waals surface area contributed by atoms with Gasteiger partial charge >= 0.3 is 12.1 Å². The molecule has 0 saturated heterocycles. The average molecular weight is 509 g/mol. The van der Waals surface area contributed by atoms with Gasteiger partial charge in [0.25, 0.3) is 0 Å². The van der Waals surface area contributed by atoms with Crippen LogP contribution >= 0.6 is 6.26 Å². The monoisotopic (exact) mass is 508 g/mol. The van der Waals surface area contributed by atoms with E-state index in [2.05, 4.69) is 10.6 Å². The van der Waals surface area contributed by atoms with Crippen molar-refractivity contribution >= 4 is 30.1 Å². The van der Waals surface area contributed by atoms with Crippen LogP contribution in [-0.2, 0) is 39.1 Å². The van der Waals surface area contributed by atoms with Crippen LogP contribution in [0.15, 0.2) is 60.7 Å². The molecule has 0 aliphatic rings. The van der Waals surface area contributed by atoms with Crippen LogP contribution in [-0.4, -0.2) is 48.6 Å². The molecule has 3 N–H and O–H groups in total. The van der Waals surface area contributed by atoms with E-state index in [4.69, 9.17) is 21.3 Å². The summed E-state index contributed by atoms with van der Waals surface area (Å²) in [6, 6.07) is 18.7. The van der Waals surface area contributed by atoms with Crippen LogP contribution in [0.1, 0.15) is 38.3 Å². The molecule has 34 heavy (non-hydrogen) atoms. The first-order valence-corrected chi connectivity index (χ1v) is 14.1. The zero-order chi connectivity index (χ0) is 25.6. The van der Waals surface area contributed by atoms with Crippen LogP contribution in [0.3, 0.4) is 0 Å². The molecule has 7 nitrogen and oxygen atoms in total. The summed E-state index contributed by atoms with van der Waals surface area (Å²) in [5, 5.41) is 5.48. The third-order valence-corrected chi connectivity index (χ3v) is 7.77. The van der Waals surface area contributed by atoms with Crippen molar-refractivity contribution in [2.75, 3.05) is 20.3 Å². The van der Waals surface area contributed by atoms with Crippen molar-refractivity contribution in [3.05, 3.63) is 71.8 Å². The summed E-state index contributed by atoms with van der Waals surface area (Å²) >= 11 is 5.51. The Kier molecular flexibility index (Phi) is 13.0. The maximum absolute atomic E-state index is 12.4. The molecule has 0 saturated carbocycles. The van der Waals surface area contributed by atoms with Crippen molar-refractivity contribution in [1.82, 2.24) is 10.6 Å². The molecule has 0 fully saturated rings. The lowest BCUT2D eigenvalue weighted by Gasteiger charge is -2.28. The maximum atomic E-state index is 12.4. The molecule has 188 valence electrons. The van der Waals surface area contributed by atoms with E-state index in [1.54, 1.807) is 20.8 Å². The predicted octanol–water partition coefficient (Wildman–Crippen LogP) is 4.44. The Morgan fingerprint density at radius 2 is 1.50 bits per heavy atom. The quantitative estimate of drug-likeness (QED) is 0.340. The summed E-state index contributed by atoms with van der Waals surface area (Å²) in [6.07, 6.45) is -3.40. The van der Waals surface area contributed by atoms with Gasteiger partial charge in [-0.05, 0) is 52.4 Å². The van der Waals surface area contributed by atoms with Gasteiger partial charge in [-0.15, -0.1) is 0 Å². The molecule has 2 aromatic rings. The van der Waals surface area contributed by atoms with Crippen LogP contribution in [0.25, 0.3) is 0 Å². The molecule has 1 amide bonds. The molecule has 0 bridgehead atoms. The third kappa shape index (κ3) is 12.8. The lowest BCUT2D eigenvalue weighted by atomic mass is 10.1. The molecular weight excluding hydrogens is 471 g/mol. The highest BCUT2D eigenvalue weighted by atomic mass is 32.4. The summed E-state index contributed by atoms with van der Waals surface area (Å²) in [4.78, 5) is 35.6. The molecule has 0 radical (unpaired) electrons. The minimum absolute atomic E-state index is 0.0168. The number of hydrogen-bond acceptors (Lipinski definition) is 6. The number of amides is 1. The number of carbonyl (C=O) groups is 2. The Morgan fingerprint density at radius 1 is 1.00 bits per heavy atom. The number of esters is 1. The summed E-state index contributed by atoms with van der Waals surface area (Å²) in [5.74, 6) is -1.16. The fourth-order valence-corrected chi connectivity index (χ4v) is 5.11. The van der Waals surface area contributed by atoms with Crippen LogP contribution in [0, 0.1) is 0 Å². The van der Waals surface area contributed by atoms with Gasteiger partial charge in [-0.25, -0.2) is 4.79 Å². The highest BCUT2D eigenvalue weighted by Crippen LogP contribution is 2.47. The van der Waals surface area contributed by atoms with Crippen LogP contribution < -0.4 is 10.6 Å². The normalized spacial score (nSPS) is 13.5. The van der Waals surface area contributed by atoms with Gasteiger partial charge in [-0.1, -0.05) is 72.5 Å². The average Bonchev–Trinajstić information content (AvgIpc) is 2.77. The van der Waals surface area contributed by atoms with E-state index in [0.29, 0.717) is 6.42 Å². The minimum atomic E-state index is -3.12. The zero-order valence-corrected chi connectivity index (χ0v) is 22.3. The van der Waals surface area contributed by atoms with Crippen molar-refractivity contribution in [3.8, 4) is 0 Å². The summed E-state index contributed by atoms with van der Waals surface area (Å²) in [7, 11) is 3.75. The van der Waals surface area contributed by atoms with E-state index in [1.165, 1.54) is 0 Å². The first kappa shape index (κ1) is 29.8. The zero-order valence-electron chi connectivity index (χ0n) is 20.6. The Bertz CT molecular complexity index is 920. The molecule has 2 aromatic carbocycles. The van der Waals surface area contributed by atoms with Gasteiger partial charge < -0.3 is 25.0 Å². The van der Waals surface area contributed by atoms with Crippen molar-refractivity contribution < 1.29 is 24.0 Å². The van der Waals surface area contributed by atoms with Gasteiger partial charge in [-0.2, -0.15) is 0 Å². The molecule has 9 heteroatoms. The number of carbonyl (C=O) groups excluding carboxylic acids is 2. The van der Waals surface area contributed by atoms with Gasteiger partial charge in [0.15, 0.2) is 0 Å². The van der Waals surface area contributed by atoms with Gasteiger partial charge in [0.1, 0.15) is 12.2 Å². The van der Waals surface area contributed by atoms with Crippen LogP contribution in [0.4, 0.5) is 4.79 Å². The van der Waals surface area contributed by atoms with E-state index in [1.807, 2.05) is 74.8 Å². The number of hydrogen-bond donors (Lipinski definition) is 3. The summed E-state index contributed by atoms with van der Waals surface area (Å²) in [5.41, 5.74) is 1.15. The topological polar surface area (TPSA) is 96.9 Å². The Labute approximate surface area is 208 Å². The van der Waals surface area contributed by atoms with Crippen molar-refractivity contribution in [2.45, 2.75) is 51.6 Å². The van der Waals surface area contributed by atoms with Gasteiger partial charge in [0.2, 0.25) is 0 Å². The Morgan fingerprint density at radius 3 is 2.00 bits per heavy atom. The first-order valence-electron chi connectivity index (χ1n) is 11.1. The molecule has 0 aliphatic heterocycles. The van der Waals surface area contributed by atoms with E-state index >= 15 is 0 Å². The number of rotatable bonds is 9. The smallest absolute Gasteiger partial charge is 0.408 e. The first-order chi connectivity index (χ1) is 16.0. The molecule has 2 atom stereocenters. The van der Waals surface area contributed by atoms with Gasteiger partial charge in [0.05, 0.1) is 18.5 Å². The molecule has 0 aromatic heterocycles. The lowest BCUT2D eigenvalue weighted by Crippen LogP contribution is -2.37. The minimum Gasteiger partial charge on any atom is -0.460 e. The van der Waals surface area contributed by atoms with E-state index in [9.17, 15) is 14.5 Å². The van der Waals surface area contributed by atoms with E-state index in [-0.39, 0.29) is 19.2 Å². The second-order valence-electron chi connectivity index (χ2n) is 8.73. The predicted molar refractivity (Wildman–Crippen MR) is 141 cm³/mol. The molecule has 2 unspecified atom stereocenters. The Hall–Kier alpha value is -2.25. The fraction of sp³-hybridized carbons (Fsp3) is 0.440. The van der Waals surface area contributed by atoms with Gasteiger partial charge in [0, 0.05) is 6.16 Å². The van der Waals surface area contributed by atoms with Crippen LogP contribution in [0.2, 0.25) is 0 Å². The van der Waals surface area contributed by atoms with Crippen molar-refractivity contribution in [1.29, 1.82) is 0 Å². The fourth-order valence-electron chi connectivity index (χ4n) is 2.83. The maximum Gasteiger partial charge on any atom is 0.408 e. The number of alkyl carbamates (subject to hydrolysis) is 1. The highest BCUT2D eigenvalue weighted by molar-refractivity contribution is 8.12. The van der Waals surface area contributed by atoms with E-state index < -0.39 is 29.7 Å². The van der Waals surface area contributed by atoms with Crippen LogP contribution in [0.5, 0.6) is 0 Å². The highest BCUT2D eigenvalue weighted by Gasteiger charge is 2.30. The standard InChI is InChI=1S/C23H30NO5PS.C2H7N/c1-23(2,3)29-21(25)14-15-30(27,31)20(16-18-10-6-4-7-11-18)24-22(26)28-17-19-12-8-5-9-13-19;1-3-2/h4-13,20H,14-17H2,1-3H3,(H,24,26)(H,27,31);3H,1-2H3. The molecular formula is C25H37N2O5PS. The lowest BCUT2D eigenvalue weighted by molar-refractivity contribution is -0.154. The molecule has 0 spiro atoms. The second kappa shape index (κ2) is 14.9. The van der Waals surface area contributed by atoms with Crippen molar-refractivity contribution in [2.24, 2.45) is 0 Å². The van der Waals surface area contributed by atoms with Gasteiger partial charge in [-0.3, -0.25) is 4.79 Å². The molecule has 0 heterocycles. The van der Waals surface area contributed by atoms with Crippen molar-refractivity contribution in [3.63, 3.8) is 0 Å². The molecule has 2 rings (SSSR count). The number of ether oxygens (including phenoxy) is 2. The summed E-state index contributed by atoms with van der Waals surface area (Å²) in [6.45, 7) is 5.45.